The van der Waals surface area contributed by atoms with Crippen LogP contribution in [0.5, 0.6) is 0 Å². The van der Waals surface area contributed by atoms with Crippen molar-refractivity contribution in [3.8, 4) is 11.3 Å². The van der Waals surface area contributed by atoms with Gasteiger partial charge in [-0.15, -0.1) is 11.3 Å². The summed E-state index contributed by atoms with van der Waals surface area (Å²) in [6.45, 7) is 1.81. The van der Waals surface area contributed by atoms with Gasteiger partial charge in [-0.3, -0.25) is 9.48 Å². The summed E-state index contributed by atoms with van der Waals surface area (Å²) in [6, 6.07) is 15.9. The van der Waals surface area contributed by atoms with Crippen LogP contribution in [0.4, 0.5) is 5.13 Å². The highest BCUT2D eigenvalue weighted by molar-refractivity contribution is 7.14. The summed E-state index contributed by atoms with van der Waals surface area (Å²) in [5, 5.41) is 11.9. The van der Waals surface area contributed by atoms with Gasteiger partial charge in [0.2, 0.25) is 0 Å². The van der Waals surface area contributed by atoms with Crippen molar-refractivity contribution < 1.29 is 4.79 Å². The fourth-order valence-corrected chi connectivity index (χ4v) is 3.37. The number of hydrogen-bond donors (Lipinski definition) is 1. The fourth-order valence-electron chi connectivity index (χ4n) is 2.65. The van der Waals surface area contributed by atoms with Crippen LogP contribution < -0.4 is 5.32 Å². The van der Waals surface area contributed by atoms with E-state index < -0.39 is 0 Å². The highest BCUT2D eigenvalue weighted by Gasteiger charge is 2.16. The first-order chi connectivity index (χ1) is 12.2. The third-order valence-corrected chi connectivity index (χ3v) is 4.84. The highest BCUT2D eigenvalue weighted by atomic mass is 32.1. The molecule has 0 spiro atoms. The first-order valence-electron chi connectivity index (χ1n) is 7.95. The second-order valence-corrected chi connectivity index (χ2v) is 6.61. The van der Waals surface area contributed by atoms with E-state index in [0.717, 1.165) is 11.3 Å². The quantitative estimate of drug-likeness (QED) is 0.596. The molecule has 0 fully saturated rings. The maximum absolute atomic E-state index is 12.3. The molecule has 0 unspecified atom stereocenters. The zero-order valence-electron chi connectivity index (χ0n) is 13.6. The number of benzene rings is 2. The van der Waals surface area contributed by atoms with Crippen LogP contribution in [0.15, 0.2) is 66.3 Å². The number of nitrogens with one attached hydrogen (secondary N) is 1. The Labute approximate surface area is 149 Å². The average Bonchev–Trinajstić information content (AvgIpc) is 3.32. The predicted molar refractivity (Wildman–Crippen MR) is 101 cm³/mol. The molecule has 0 aliphatic heterocycles. The zero-order valence-corrected chi connectivity index (χ0v) is 14.4. The van der Waals surface area contributed by atoms with Gasteiger partial charge >= 0.3 is 0 Å². The highest BCUT2D eigenvalue weighted by Crippen LogP contribution is 2.28. The molecule has 6 heteroatoms. The normalized spacial score (nSPS) is 12.2. The number of fused-ring (bicyclic) bond motifs is 1. The monoisotopic (exact) mass is 348 g/mol. The van der Waals surface area contributed by atoms with Crippen molar-refractivity contribution in [3.05, 3.63) is 66.3 Å². The van der Waals surface area contributed by atoms with E-state index in [2.05, 4.69) is 45.7 Å². The Morgan fingerprint density at radius 2 is 2.00 bits per heavy atom. The lowest BCUT2D eigenvalue weighted by Crippen LogP contribution is -2.23. The summed E-state index contributed by atoms with van der Waals surface area (Å²) in [6.07, 6.45) is 3.43. The van der Waals surface area contributed by atoms with Gasteiger partial charge in [-0.1, -0.05) is 36.4 Å². The molecule has 1 amide bonds. The minimum atomic E-state index is -0.386. The van der Waals surface area contributed by atoms with Crippen molar-refractivity contribution in [2.45, 2.75) is 13.0 Å². The number of carbonyl (C=O) groups is 1. The maximum atomic E-state index is 12.3. The SMILES string of the molecule is C[C@H](C(=O)Nc1nc(-c2ccc3ccccc3c2)cs1)n1cccn1. The predicted octanol–water partition coefficient (Wildman–Crippen LogP) is 4.36. The molecule has 0 aliphatic carbocycles. The van der Waals surface area contributed by atoms with E-state index in [9.17, 15) is 4.79 Å². The van der Waals surface area contributed by atoms with Crippen LogP contribution >= 0.6 is 11.3 Å². The van der Waals surface area contributed by atoms with E-state index in [1.165, 1.54) is 22.1 Å². The number of anilines is 1. The second kappa shape index (κ2) is 6.49. The third-order valence-electron chi connectivity index (χ3n) is 4.08. The summed E-state index contributed by atoms with van der Waals surface area (Å²) in [7, 11) is 0. The van der Waals surface area contributed by atoms with Crippen LogP contribution in [0.1, 0.15) is 13.0 Å². The molecule has 4 aromatic rings. The van der Waals surface area contributed by atoms with Crippen LogP contribution in [0.25, 0.3) is 22.0 Å². The number of carbonyl (C=O) groups excluding carboxylic acids is 1. The van der Waals surface area contributed by atoms with Crippen LogP contribution in [-0.4, -0.2) is 20.7 Å². The largest absolute Gasteiger partial charge is 0.300 e. The van der Waals surface area contributed by atoms with Crippen molar-refractivity contribution in [3.63, 3.8) is 0 Å². The zero-order chi connectivity index (χ0) is 17.2. The molecule has 1 atom stereocenters. The van der Waals surface area contributed by atoms with Gasteiger partial charge in [-0.05, 0) is 29.8 Å². The standard InChI is InChI=1S/C19H16N4OS/c1-13(23-10-4-9-20-23)18(24)22-19-21-17(12-25-19)16-8-7-14-5-2-3-6-15(14)11-16/h2-13H,1H3,(H,21,22,24)/t13-/m1/s1. The summed E-state index contributed by atoms with van der Waals surface area (Å²) in [5.41, 5.74) is 1.90. The number of nitrogens with zero attached hydrogens (tertiary/aromatic N) is 3. The van der Waals surface area contributed by atoms with E-state index in [1.807, 2.05) is 17.5 Å². The Bertz CT molecular complexity index is 1020. The lowest BCUT2D eigenvalue weighted by molar-refractivity contribution is -0.119. The molecule has 1 N–H and O–H groups in total. The van der Waals surface area contributed by atoms with Crippen LogP contribution in [0, 0.1) is 0 Å². The van der Waals surface area contributed by atoms with E-state index in [-0.39, 0.29) is 11.9 Å². The molecule has 25 heavy (non-hydrogen) atoms. The minimum absolute atomic E-state index is 0.136. The first kappa shape index (κ1) is 15.5. The lowest BCUT2D eigenvalue weighted by Gasteiger charge is -2.10. The lowest BCUT2D eigenvalue weighted by atomic mass is 10.1. The molecular weight excluding hydrogens is 332 g/mol. The van der Waals surface area contributed by atoms with Crippen molar-refractivity contribution in [1.82, 2.24) is 14.8 Å². The van der Waals surface area contributed by atoms with Crippen LogP contribution in [0.2, 0.25) is 0 Å². The molecule has 2 heterocycles. The van der Waals surface area contributed by atoms with Gasteiger partial charge in [0.15, 0.2) is 5.13 Å². The molecule has 2 aromatic heterocycles. The molecule has 4 rings (SSSR count). The van der Waals surface area contributed by atoms with Gasteiger partial charge in [0.25, 0.3) is 5.91 Å². The average molecular weight is 348 g/mol. The summed E-state index contributed by atoms with van der Waals surface area (Å²) >= 11 is 1.42. The van der Waals surface area contributed by atoms with Gasteiger partial charge < -0.3 is 5.32 Å². The Balaban J connectivity index is 1.54. The number of aromatic nitrogens is 3. The molecule has 2 aromatic carbocycles. The second-order valence-electron chi connectivity index (χ2n) is 5.75. The molecule has 0 radical (unpaired) electrons. The maximum Gasteiger partial charge on any atom is 0.250 e. The van der Waals surface area contributed by atoms with Gasteiger partial charge in [-0.25, -0.2) is 4.98 Å². The molecule has 0 aliphatic rings. The van der Waals surface area contributed by atoms with Gasteiger partial charge in [-0.2, -0.15) is 5.10 Å². The van der Waals surface area contributed by atoms with Crippen LogP contribution in [0.3, 0.4) is 0 Å². The summed E-state index contributed by atoms with van der Waals surface area (Å²) in [4.78, 5) is 16.9. The number of amides is 1. The van der Waals surface area contributed by atoms with Gasteiger partial charge in [0.1, 0.15) is 6.04 Å². The number of rotatable bonds is 4. The topological polar surface area (TPSA) is 59.8 Å². The Hall–Kier alpha value is -2.99. The number of thiazole rings is 1. The van der Waals surface area contributed by atoms with Crippen molar-refractivity contribution in [1.29, 1.82) is 0 Å². The van der Waals surface area contributed by atoms with E-state index in [1.54, 1.807) is 30.1 Å². The van der Waals surface area contributed by atoms with Crippen molar-refractivity contribution in [2.24, 2.45) is 0 Å². The molecule has 0 bridgehead atoms. The number of hydrogen-bond acceptors (Lipinski definition) is 4. The third kappa shape index (κ3) is 3.16. The summed E-state index contributed by atoms with van der Waals surface area (Å²) < 4.78 is 1.62. The molecular formula is C19H16N4OS. The summed E-state index contributed by atoms with van der Waals surface area (Å²) in [5.74, 6) is -0.136. The Morgan fingerprint density at radius 3 is 2.80 bits per heavy atom. The Kier molecular flexibility index (Phi) is 4.03. The van der Waals surface area contributed by atoms with E-state index >= 15 is 0 Å². The fraction of sp³-hybridized carbons (Fsp3) is 0.105. The molecule has 0 saturated heterocycles. The van der Waals surface area contributed by atoms with Crippen molar-refractivity contribution in [2.75, 3.05) is 5.32 Å². The van der Waals surface area contributed by atoms with E-state index in [4.69, 9.17) is 0 Å². The van der Waals surface area contributed by atoms with Crippen LogP contribution in [-0.2, 0) is 4.79 Å². The van der Waals surface area contributed by atoms with Gasteiger partial charge in [0, 0.05) is 23.3 Å². The minimum Gasteiger partial charge on any atom is -0.300 e. The smallest absolute Gasteiger partial charge is 0.250 e. The molecule has 0 saturated carbocycles. The van der Waals surface area contributed by atoms with Crippen molar-refractivity contribution >= 4 is 33.1 Å². The first-order valence-corrected chi connectivity index (χ1v) is 8.83. The van der Waals surface area contributed by atoms with E-state index in [0.29, 0.717) is 5.13 Å². The Morgan fingerprint density at radius 1 is 1.16 bits per heavy atom. The molecule has 124 valence electrons. The molecule has 5 nitrogen and oxygen atoms in total. The van der Waals surface area contributed by atoms with Gasteiger partial charge in [0.05, 0.1) is 5.69 Å².